The van der Waals surface area contributed by atoms with E-state index in [2.05, 4.69) is 24.5 Å². The van der Waals surface area contributed by atoms with Gasteiger partial charge >= 0.3 is 6.03 Å². The second-order valence-electron chi connectivity index (χ2n) is 12.8. The lowest BCUT2D eigenvalue weighted by Crippen LogP contribution is -2.46. The van der Waals surface area contributed by atoms with Crippen LogP contribution in [0.5, 0.6) is 0 Å². The third-order valence-corrected chi connectivity index (χ3v) is 9.14. The number of anilines is 1. The Labute approximate surface area is 289 Å². The van der Waals surface area contributed by atoms with E-state index in [1.807, 2.05) is 73.3 Å². The summed E-state index contributed by atoms with van der Waals surface area (Å²) in [6.07, 6.45) is 4.30. The van der Waals surface area contributed by atoms with Crippen molar-refractivity contribution in [3.8, 4) is 5.69 Å². The van der Waals surface area contributed by atoms with E-state index in [0.717, 1.165) is 42.4 Å². The Kier molecular flexibility index (Phi) is 11.9. The number of carbonyl (C=O) groups is 3. The first-order valence-electron chi connectivity index (χ1n) is 17.3. The van der Waals surface area contributed by atoms with Crippen molar-refractivity contribution in [1.82, 2.24) is 24.9 Å². The van der Waals surface area contributed by atoms with E-state index in [1.165, 1.54) is 0 Å². The number of nitrogens with zero attached hydrogens (tertiary/aromatic N) is 4. The van der Waals surface area contributed by atoms with Crippen molar-refractivity contribution < 1.29 is 19.5 Å². The summed E-state index contributed by atoms with van der Waals surface area (Å²) in [7, 11) is 0. The number of amides is 4. The van der Waals surface area contributed by atoms with E-state index >= 15 is 0 Å². The van der Waals surface area contributed by atoms with Gasteiger partial charge in [-0.3, -0.25) is 9.59 Å². The van der Waals surface area contributed by atoms with Gasteiger partial charge in [0.25, 0.3) is 11.8 Å². The fourth-order valence-electron chi connectivity index (χ4n) is 6.30. The zero-order chi connectivity index (χ0) is 34.9. The molecule has 0 saturated carbocycles. The van der Waals surface area contributed by atoms with E-state index in [4.69, 9.17) is 5.10 Å². The fourth-order valence-corrected chi connectivity index (χ4v) is 6.30. The Morgan fingerprint density at radius 3 is 2.29 bits per heavy atom. The van der Waals surface area contributed by atoms with Crippen LogP contribution < -0.4 is 10.6 Å². The molecule has 10 nitrogen and oxygen atoms in total. The number of aliphatic hydroxyl groups is 1. The summed E-state index contributed by atoms with van der Waals surface area (Å²) in [4.78, 5) is 44.9. The van der Waals surface area contributed by atoms with Crippen LogP contribution in [0.25, 0.3) is 5.69 Å². The highest BCUT2D eigenvalue weighted by Crippen LogP contribution is 2.29. The molecule has 0 unspecified atom stereocenters. The average Bonchev–Trinajstić information content (AvgIpc) is 3.51. The largest absolute Gasteiger partial charge is 0.394 e. The molecule has 0 bridgehead atoms. The molecule has 2 heterocycles. The smallest absolute Gasteiger partial charge is 0.319 e. The molecule has 0 saturated heterocycles. The van der Waals surface area contributed by atoms with Crippen LogP contribution >= 0.6 is 0 Å². The Balaban J connectivity index is 1.49. The van der Waals surface area contributed by atoms with Crippen molar-refractivity contribution in [2.75, 3.05) is 25.0 Å². The maximum atomic E-state index is 14.5. The summed E-state index contributed by atoms with van der Waals surface area (Å²) in [5, 5.41) is 21.0. The molecular formula is C39H48N6O4. The summed E-state index contributed by atoms with van der Waals surface area (Å²) in [5.41, 5.74) is 5.31. The first kappa shape index (κ1) is 35.3. The third-order valence-electron chi connectivity index (χ3n) is 9.14. The van der Waals surface area contributed by atoms with E-state index in [0.29, 0.717) is 54.4 Å². The second-order valence-corrected chi connectivity index (χ2v) is 12.8. The first-order chi connectivity index (χ1) is 23.7. The molecule has 258 valence electrons. The van der Waals surface area contributed by atoms with Gasteiger partial charge in [0.15, 0.2) is 5.69 Å². The van der Waals surface area contributed by atoms with Crippen molar-refractivity contribution in [3.05, 3.63) is 113 Å². The topological polar surface area (TPSA) is 120 Å². The predicted molar refractivity (Wildman–Crippen MR) is 192 cm³/mol. The number of nitrogens with one attached hydrogen (secondary N) is 2. The van der Waals surface area contributed by atoms with Crippen LogP contribution in [0, 0.1) is 6.92 Å². The highest BCUT2D eigenvalue weighted by molar-refractivity contribution is 6.00. The van der Waals surface area contributed by atoms with Crippen LogP contribution in [0.4, 0.5) is 10.5 Å². The molecule has 3 N–H and O–H groups in total. The van der Waals surface area contributed by atoms with Gasteiger partial charge in [-0.05, 0) is 74.1 Å². The van der Waals surface area contributed by atoms with Crippen molar-refractivity contribution in [1.29, 1.82) is 0 Å². The number of aliphatic hydroxyl groups excluding tert-OH is 1. The maximum absolute atomic E-state index is 14.5. The van der Waals surface area contributed by atoms with Crippen LogP contribution in [0.1, 0.15) is 95.7 Å². The summed E-state index contributed by atoms with van der Waals surface area (Å²) >= 11 is 0. The standard InChI is InChI=1S/C39H48N6O4/c1-5-7-20-43(21-8-6-2)38(48)35-22-27(3)45(42-35)36-19-18-32(41-39(49)40-28(4)29-14-10-9-11-15-29)24-34(36)37(47)44-25-31-17-13-12-16-30(31)23-33(44)26-46/h9-19,22,24,28,33,46H,5-8,20-21,23,25-26H2,1-4H3,(H2,40,41,49)/t28-,33+/m1/s1. The maximum Gasteiger partial charge on any atom is 0.319 e. The minimum absolute atomic E-state index is 0.132. The second kappa shape index (κ2) is 16.4. The van der Waals surface area contributed by atoms with Crippen molar-refractivity contribution in [2.24, 2.45) is 0 Å². The molecule has 0 aliphatic carbocycles. The minimum atomic E-state index is -0.427. The van der Waals surface area contributed by atoms with E-state index < -0.39 is 12.1 Å². The fraction of sp³-hybridized carbons (Fsp3) is 0.385. The molecule has 1 aliphatic rings. The third kappa shape index (κ3) is 8.37. The Morgan fingerprint density at radius 2 is 1.61 bits per heavy atom. The Bertz CT molecular complexity index is 1750. The predicted octanol–water partition coefficient (Wildman–Crippen LogP) is 6.67. The van der Waals surface area contributed by atoms with Gasteiger partial charge in [-0.15, -0.1) is 0 Å². The number of aromatic nitrogens is 2. The highest BCUT2D eigenvalue weighted by atomic mass is 16.3. The van der Waals surface area contributed by atoms with Gasteiger partial charge in [0.05, 0.1) is 29.9 Å². The molecule has 10 heteroatoms. The summed E-state index contributed by atoms with van der Waals surface area (Å²) < 4.78 is 1.63. The lowest BCUT2D eigenvalue weighted by atomic mass is 9.93. The van der Waals surface area contributed by atoms with E-state index in [-0.39, 0.29) is 24.5 Å². The van der Waals surface area contributed by atoms with Gasteiger partial charge in [-0.1, -0.05) is 81.3 Å². The van der Waals surface area contributed by atoms with Crippen molar-refractivity contribution in [3.63, 3.8) is 0 Å². The van der Waals surface area contributed by atoms with Crippen molar-refractivity contribution >= 4 is 23.5 Å². The quantitative estimate of drug-likeness (QED) is 0.148. The zero-order valence-corrected chi connectivity index (χ0v) is 29.0. The Hall–Kier alpha value is -4.96. The van der Waals surface area contributed by atoms with Crippen LogP contribution in [-0.2, 0) is 13.0 Å². The molecule has 0 fully saturated rings. The molecule has 0 radical (unpaired) electrons. The number of carbonyl (C=O) groups excluding carboxylic acids is 3. The Morgan fingerprint density at radius 1 is 0.939 bits per heavy atom. The van der Waals surface area contributed by atoms with Crippen LogP contribution in [0.15, 0.2) is 78.9 Å². The average molecular weight is 665 g/mol. The molecule has 4 aromatic rings. The van der Waals surface area contributed by atoms with Gasteiger partial charge in [-0.25, -0.2) is 9.48 Å². The lowest BCUT2D eigenvalue weighted by Gasteiger charge is -2.36. The number of urea groups is 1. The molecule has 49 heavy (non-hydrogen) atoms. The van der Waals surface area contributed by atoms with Gasteiger partial charge in [-0.2, -0.15) is 5.10 Å². The lowest BCUT2D eigenvalue weighted by molar-refractivity contribution is 0.0544. The van der Waals surface area contributed by atoms with Gasteiger partial charge in [0.2, 0.25) is 0 Å². The van der Waals surface area contributed by atoms with Crippen LogP contribution in [-0.4, -0.2) is 68.3 Å². The molecular weight excluding hydrogens is 616 g/mol. The zero-order valence-electron chi connectivity index (χ0n) is 29.0. The summed E-state index contributed by atoms with van der Waals surface area (Å²) in [5.74, 6) is -0.437. The van der Waals surface area contributed by atoms with Crippen LogP contribution in [0.3, 0.4) is 0 Å². The molecule has 5 rings (SSSR count). The van der Waals surface area contributed by atoms with Crippen LogP contribution in [0.2, 0.25) is 0 Å². The normalized spacial score (nSPS) is 14.6. The van der Waals surface area contributed by atoms with Crippen molar-refractivity contribution in [2.45, 2.75) is 78.4 Å². The molecule has 4 amide bonds. The minimum Gasteiger partial charge on any atom is -0.394 e. The van der Waals surface area contributed by atoms with E-state index in [9.17, 15) is 19.5 Å². The molecule has 3 aromatic carbocycles. The number of hydrogen-bond donors (Lipinski definition) is 3. The molecule has 2 atom stereocenters. The summed E-state index contributed by atoms with van der Waals surface area (Å²) in [6, 6.07) is 23.4. The first-order valence-corrected chi connectivity index (χ1v) is 17.3. The number of rotatable bonds is 13. The molecule has 1 aliphatic heterocycles. The summed E-state index contributed by atoms with van der Waals surface area (Å²) in [6.45, 7) is 9.43. The van der Waals surface area contributed by atoms with Gasteiger partial charge in [0, 0.05) is 31.0 Å². The number of unbranched alkanes of at least 4 members (excludes halogenated alkanes) is 2. The highest BCUT2D eigenvalue weighted by Gasteiger charge is 2.32. The molecule has 1 aromatic heterocycles. The monoisotopic (exact) mass is 664 g/mol. The molecule has 0 spiro atoms. The number of fused-ring (bicyclic) bond motifs is 1. The van der Waals surface area contributed by atoms with E-state index in [1.54, 1.807) is 33.8 Å². The SMILES string of the molecule is CCCCN(CCCC)C(=O)c1cc(C)n(-c2ccc(NC(=O)N[C@H](C)c3ccccc3)cc2C(=O)N2Cc3ccccc3C[C@H]2CO)n1. The van der Waals surface area contributed by atoms with Gasteiger partial charge < -0.3 is 25.5 Å². The van der Waals surface area contributed by atoms with Gasteiger partial charge in [0.1, 0.15) is 0 Å². The number of benzene rings is 3. The number of hydrogen-bond acceptors (Lipinski definition) is 5. The number of aryl methyl sites for hydroxylation is 1.